The third-order valence-corrected chi connectivity index (χ3v) is 5.11. The zero-order valence-electron chi connectivity index (χ0n) is 14.7. The molecule has 2 atom stereocenters. The monoisotopic (exact) mass is 318 g/mol. The van der Waals surface area contributed by atoms with Gasteiger partial charge < -0.3 is 15.3 Å². The topological polar surface area (TPSA) is 52.6 Å². The number of nitrogens with zero attached hydrogens (tertiary/aromatic N) is 1. The van der Waals surface area contributed by atoms with E-state index < -0.39 is 5.97 Å². The van der Waals surface area contributed by atoms with Crippen LogP contribution in [0.15, 0.2) is 24.3 Å². The van der Waals surface area contributed by atoms with Gasteiger partial charge in [0.2, 0.25) is 0 Å². The summed E-state index contributed by atoms with van der Waals surface area (Å²) in [6.45, 7) is 4.40. The predicted octanol–water partition coefficient (Wildman–Crippen LogP) is 3.22. The minimum atomic E-state index is -0.637. The number of nitrogens with one attached hydrogen (secondary N) is 1. The Hall–Kier alpha value is -1.39. The van der Waals surface area contributed by atoms with Crippen LogP contribution in [0.2, 0.25) is 0 Å². The molecular formula is C19H30N2O2. The van der Waals surface area contributed by atoms with Crippen molar-refractivity contribution < 1.29 is 9.90 Å². The number of hydrogen-bond acceptors (Lipinski definition) is 3. The van der Waals surface area contributed by atoms with Crippen LogP contribution in [0, 0.1) is 12.8 Å². The molecule has 0 radical (unpaired) electrons. The van der Waals surface area contributed by atoms with E-state index in [0.29, 0.717) is 18.1 Å². The van der Waals surface area contributed by atoms with Crippen LogP contribution >= 0.6 is 0 Å². The van der Waals surface area contributed by atoms with Crippen molar-refractivity contribution in [3.63, 3.8) is 0 Å². The molecule has 1 aromatic rings. The normalized spacial score (nSPS) is 24.4. The van der Waals surface area contributed by atoms with Gasteiger partial charge in [-0.15, -0.1) is 0 Å². The Labute approximate surface area is 139 Å². The smallest absolute Gasteiger partial charge is 0.306 e. The number of aliphatic carboxylic acids is 1. The minimum absolute atomic E-state index is 0.149. The fourth-order valence-corrected chi connectivity index (χ4v) is 3.88. The summed E-state index contributed by atoms with van der Waals surface area (Å²) in [5.74, 6) is -0.785. The summed E-state index contributed by atoms with van der Waals surface area (Å²) < 4.78 is 0. The van der Waals surface area contributed by atoms with Crippen molar-refractivity contribution in [2.45, 2.75) is 57.7 Å². The lowest BCUT2D eigenvalue weighted by Crippen LogP contribution is -2.46. The number of aryl methyl sites for hydroxylation is 1. The Kier molecular flexibility index (Phi) is 6.19. The maximum absolute atomic E-state index is 11.1. The Morgan fingerprint density at radius 2 is 1.83 bits per heavy atom. The van der Waals surface area contributed by atoms with E-state index in [1.165, 1.54) is 11.1 Å². The number of carbonyl (C=O) groups is 1. The quantitative estimate of drug-likeness (QED) is 0.845. The van der Waals surface area contributed by atoms with Crippen LogP contribution in [0.1, 0.15) is 49.8 Å². The van der Waals surface area contributed by atoms with Gasteiger partial charge in [-0.2, -0.15) is 0 Å². The SMILES string of the molecule is Cc1ccccc1C(C(C)NC1CCC(C(=O)O)CC1)N(C)C. The van der Waals surface area contributed by atoms with Gasteiger partial charge in [0.1, 0.15) is 0 Å². The van der Waals surface area contributed by atoms with E-state index in [1.807, 2.05) is 0 Å². The first-order chi connectivity index (χ1) is 10.9. The predicted molar refractivity (Wildman–Crippen MR) is 93.6 cm³/mol. The van der Waals surface area contributed by atoms with Gasteiger partial charge in [0.05, 0.1) is 5.92 Å². The first kappa shape index (κ1) is 18.0. The highest BCUT2D eigenvalue weighted by Crippen LogP contribution is 2.28. The van der Waals surface area contributed by atoms with Gasteiger partial charge in [-0.05, 0) is 64.8 Å². The van der Waals surface area contributed by atoms with Crippen molar-refractivity contribution in [3.05, 3.63) is 35.4 Å². The van der Waals surface area contributed by atoms with Crippen LogP contribution in [-0.4, -0.2) is 42.2 Å². The van der Waals surface area contributed by atoms with Gasteiger partial charge in [0, 0.05) is 18.1 Å². The molecule has 0 bridgehead atoms. The second-order valence-electron chi connectivity index (χ2n) is 7.11. The number of likely N-dealkylation sites (N-methyl/N-ethyl adjacent to an activating group) is 1. The summed E-state index contributed by atoms with van der Waals surface area (Å²) in [6, 6.07) is 9.61. The van der Waals surface area contributed by atoms with E-state index in [-0.39, 0.29) is 5.92 Å². The molecular weight excluding hydrogens is 288 g/mol. The zero-order valence-corrected chi connectivity index (χ0v) is 14.7. The van der Waals surface area contributed by atoms with Crippen molar-refractivity contribution in [2.75, 3.05) is 14.1 Å². The first-order valence-corrected chi connectivity index (χ1v) is 8.61. The summed E-state index contributed by atoms with van der Waals surface area (Å²) in [4.78, 5) is 13.3. The van der Waals surface area contributed by atoms with Crippen molar-refractivity contribution in [3.8, 4) is 0 Å². The number of carboxylic acids is 1. The lowest BCUT2D eigenvalue weighted by molar-refractivity contribution is -0.142. The van der Waals surface area contributed by atoms with Crippen molar-refractivity contribution >= 4 is 5.97 Å². The minimum Gasteiger partial charge on any atom is -0.481 e. The summed E-state index contributed by atoms with van der Waals surface area (Å²) in [6.07, 6.45) is 3.48. The van der Waals surface area contributed by atoms with Gasteiger partial charge in [-0.3, -0.25) is 4.79 Å². The second kappa shape index (κ2) is 7.93. The maximum Gasteiger partial charge on any atom is 0.306 e. The van der Waals surface area contributed by atoms with Crippen LogP contribution in [0.3, 0.4) is 0 Å². The van der Waals surface area contributed by atoms with Crippen LogP contribution in [-0.2, 0) is 4.79 Å². The van der Waals surface area contributed by atoms with Gasteiger partial charge in [0.15, 0.2) is 0 Å². The number of rotatable bonds is 6. The molecule has 128 valence electrons. The molecule has 1 aliphatic carbocycles. The van der Waals surface area contributed by atoms with E-state index in [9.17, 15) is 4.79 Å². The molecule has 1 aromatic carbocycles. The van der Waals surface area contributed by atoms with Gasteiger partial charge in [-0.1, -0.05) is 24.3 Å². The zero-order chi connectivity index (χ0) is 17.0. The highest BCUT2D eigenvalue weighted by atomic mass is 16.4. The third kappa shape index (κ3) is 4.55. The molecule has 0 aliphatic heterocycles. The Balaban J connectivity index is 2.01. The number of hydrogen-bond donors (Lipinski definition) is 2. The van der Waals surface area contributed by atoms with Crippen LogP contribution in [0.4, 0.5) is 0 Å². The molecule has 2 N–H and O–H groups in total. The maximum atomic E-state index is 11.1. The fourth-order valence-electron chi connectivity index (χ4n) is 3.88. The van der Waals surface area contributed by atoms with Gasteiger partial charge in [0.25, 0.3) is 0 Å². The van der Waals surface area contributed by atoms with Crippen LogP contribution in [0.25, 0.3) is 0 Å². The number of benzene rings is 1. The highest BCUT2D eigenvalue weighted by Gasteiger charge is 2.29. The molecule has 23 heavy (non-hydrogen) atoms. The molecule has 0 amide bonds. The molecule has 1 saturated carbocycles. The largest absolute Gasteiger partial charge is 0.481 e. The van der Waals surface area contributed by atoms with Crippen molar-refractivity contribution in [2.24, 2.45) is 5.92 Å². The van der Waals surface area contributed by atoms with E-state index in [4.69, 9.17) is 5.11 Å². The molecule has 4 nitrogen and oxygen atoms in total. The average molecular weight is 318 g/mol. The van der Waals surface area contributed by atoms with Crippen molar-refractivity contribution in [1.82, 2.24) is 10.2 Å². The average Bonchev–Trinajstić information content (AvgIpc) is 2.49. The molecule has 1 aliphatic rings. The lowest BCUT2D eigenvalue weighted by Gasteiger charge is -2.36. The first-order valence-electron chi connectivity index (χ1n) is 8.61. The van der Waals surface area contributed by atoms with E-state index >= 15 is 0 Å². The third-order valence-electron chi connectivity index (χ3n) is 5.11. The molecule has 0 aromatic heterocycles. The van der Waals surface area contributed by atoms with Crippen LogP contribution in [0.5, 0.6) is 0 Å². The van der Waals surface area contributed by atoms with E-state index in [0.717, 1.165) is 25.7 Å². The van der Waals surface area contributed by atoms with Crippen LogP contribution < -0.4 is 5.32 Å². The summed E-state index contributed by atoms with van der Waals surface area (Å²) in [5.41, 5.74) is 2.67. The summed E-state index contributed by atoms with van der Waals surface area (Å²) in [7, 11) is 4.24. The fraction of sp³-hybridized carbons (Fsp3) is 0.632. The molecule has 0 spiro atoms. The van der Waals surface area contributed by atoms with Gasteiger partial charge >= 0.3 is 5.97 Å². The van der Waals surface area contributed by atoms with Crippen molar-refractivity contribution in [1.29, 1.82) is 0 Å². The molecule has 0 saturated heterocycles. The lowest BCUT2D eigenvalue weighted by atomic mass is 9.85. The van der Waals surface area contributed by atoms with E-state index in [2.05, 4.69) is 62.4 Å². The summed E-state index contributed by atoms with van der Waals surface area (Å²) in [5, 5.41) is 12.9. The molecule has 4 heteroatoms. The Morgan fingerprint density at radius 3 is 2.35 bits per heavy atom. The highest BCUT2D eigenvalue weighted by molar-refractivity contribution is 5.70. The Morgan fingerprint density at radius 1 is 1.22 bits per heavy atom. The number of carboxylic acid groups (broad SMARTS) is 1. The standard InChI is InChI=1S/C19H30N2O2/c1-13-7-5-6-8-17(13)18(21(3)4)14(2)20-16-11-9-15(10-12-16)19(22)23/h5-8,14-16,18,20H,9-12H2,1-4H3,(H,22,23). The molecule has 0 heterocycles. The Bertz CT molecular complexity index is 522. The van der Waals surface area contributed by atoms with E-state index in [1.54, 1.807) is 0 Å². The molecule has 2 unspecified atom stereocenters. The van der Waals surface area contributed by atoms with Gasteiger partial charge in [-0.25, -0.2) is 0 Å². The summed E-state index contributed by atoms with van der Waals surface area (Å²) >= 11 is 0. The second-order valence-corrected chi connectivity index (χ2v) is 7.11. The molecule has 1 fully saturated rings. The molecule has 2 rings (SSSR count).